The van der Waals surface area contributed by atoms with Gasteiger partial charge in [-0.3, -0.25) is 9.78 Å². The Balaban J connectivity index is 1.34. The number of hydrogen-bond donors (Lipinski definition) is 1. The molecule has 3 aromatic rings. The van der Waals surface area contributed by atoms with Crippen LogP contribution < -0.4 is 19.5 Å². The normalized spacial score (nSPS) is 10.6. The number of para-hydroxylation sites is 1. The maximum atomic E-state index is 12.0. The number of benzene rings is 2. The Bertz CT molecular complexity index is 953. The van der Waals surface area contributed by atoms with E-state index in [0.717, 1.165) is 22.2 Å². The molecular formula is C23H26N2O4. The number of fused-ring (bicyclic) bond motifs is 1. The van der Waals surface area contributed by atoms with E-state index < -0.39 is 0 Å². The number of methoxy groups -OCH3 is 1. The van der Waals surface area contributed by atoms with Crippen LogP contribution in [0.5, 0.6) is 17.2 Å². The number of ether oxygens (including phenoxy) is 3. The lowest BCUT2D eigenvalue weighted by Crippen LogP contribution is -2.26. The first kappa shape index (κ1) is 20.5. The molecule has 0 aliphatic rings. The molecule has 0 bridgehead atoms. The first-order valence-corrected chi connectivity index (χ1v) is 9.68. The molecular weight excluding hydrogens is 368 g/mol. The Kier molecular flexibility index (Phi) is 7.28. The van der Waals surface area contributed by atoms with Crippen molar-refractivity contribution >= 4 is 16.8 Å². The molecule has 0 unspecified atom stereocenters. The van der Waals surface area contributed by atoms with Crippen LogP contribution >= 0.6 is 0 Å². The molecule has 0 saturated heterocycles. The molecule has 0 spiro atoms. The Morgan fingerprint density at radius 1 is 1.00 bits per heavy atom. The third kappa shape index (κ3) is 5.85. The quantitative estimate of drug-likeness (QED) is 0.528. The molecule has 6 heteroatoms. The largest absolute Gasteiger partial charge is 0.493 e. The highest BCUT2D eigenvalue weighted by Crippen LogP contribution is 2.27. The molecule has 0 radical (unpaired) electrons. The number of hydrogen-bond acceptors (Lipinski definition) is 5. The van der Waals surface area contributed by atoms with Crippen LogP contribution in [0.4, 0.5) is 0 Å². The molecule has 6 nitrogen and oxygen atoms in total. The Morgan fingerprint density at radius 3 is 2.69 bits per heavy atom. The van der Waals surface area contributed by atoms with Crippen LogP contribution in [0.2, 0.25) is 0 Å². The van der Waals surface area contributed by atoms with Gasteiger partial charge >= 0.3 is 0 Å². The van der Waals surface area contributed by atoms with Gasteiger partial charge in [-0.1, -0.05) is 24.3 Å². The summed E-state index contributed by atoms with van der Waals surface area (Å²) in [7, 11) is 1.60. The number of pyridine rings is 1. The molecule has 29 heavy (non-hydrogen) atoms. The Labute approximate surface area is 170 Å². The van der Waals surface area contributed by atoms with Crippen molar-refractivity contribution in [1.29, 1.82) is 0 Å². The van der Waals surface area contributed by atoms with Gasteiger partial charge in [0, 0.05) is 18.1 Å². The first-order chi connectivity index (χ1) is 14.2. The topological polar surface area (TPSA) is 69.7 Å². The summed E-state index contributed by atoms with van der Waals surface area (Å²) in [6.45, 7) is 3.33. The van der Waals surface area contributed by atoms with E-state index in [-0.39, 0.29) is 12.3 Å². The van der Waals surface area contributed by atoms with Crippen LogP contribution in [0.15, 0.2) is 54.7 Å². The summed E-state index contributed by atoms with van der Waals surface area (Å²) in [4.78, 5) is 16.3. The molecule has 2 aromatic carbocycles. The molecule has 0 fully saturated rings. The molecule has 152 valence electrons. The van der Waals surface area contributed by atoms with Crippen molar-refractivity contribution in [3.63, 3.8) is 0 Å². The lowest BCUT2D eigenvalue weighted by molar-refractivity contribution is -0.121. The van der Waals surface area contributed by atoms with Crippen molar-refractivity contribution in [1.82, 2.24) is 10.3 Å². The zero-order chi connectivity index (χ0) is 20.5. The summed E-state index contributed by atoms with van der Waals surface area (Å²) in [6.07, 6.45) is 2.75. The highest BCUT2D eigenvalue weighted by molar-refractivity contribution is 5.84. The maximum absolute atomic E-state index is 12.0. The minimum atomic E-state index is -0.0529. The third-order valence-corrected chi connectivity index (χ3v) is 4.40. The number of aromatic nitrogens is 1. The van der Waals surface area contributed by atoms with Gasteiger partial charge in [0.15, 0.2) is 11.5 Å². The minimum Gasteiger partial charge on any atom is -0.493 e. The van der Waals surface area contributed by atoms with E-state index in [4.69, 9.17) is 14.2 Å². The highest BCUT2D eigenvalue weighted by atomic mass is 16.5. The molecule has 0 atom stereocenters. The molecule has 1 N–H and O–H groups in total. The smallest absolute Gasteiger partial charge is 0.223 e. The minimum absolute atomic E-state index is 0.0529. The van der Waals surface area contributed by atoms with E-state index in [0.29, 0.717) is 37.7 Å². The van der Waals surface area contributed by atoms with Crippen LogP contribution in [-0.4, -0.2) is 37.8 Å². The second-order valence-corrected chi connectivity index (χ2v) is 6.64. The predicted molar refractivity (Wildman–Crippen MR) is 113 cm³/mol. The number of amides is 1. The summed E-state index contributed by atoms with van der Waals surface area (Å²) in [5.74, 6) is 2.02. The van der Waals surface area contributed by atoms with E-state index in [9.17, 15) is 4.79 Å². The maximum Gasteiger partial charge on any atom is 0.223 e. The van der Waals surface area contributed by atoms with E-state index in [1.54, 1.807) is 13.3 Å². The Morgan fingerprint density at radius 2 is 1.83 bits per heavy atom. The van der Waals surface area contributed by atoms with Crippen molar-refractivity contribution in [2.75, 3.05) is 26.9 Å². The molecule has 1 heterocycles. The fraction of sp³-hybridized carbons (Fsp3) is 0.304. The molecule has 3 rings (SSSR count). The van der Waals surface area contributed by atoms with E-state index >= 15 is 0 Å². The van der Waals surface area contributed by atoms with Crippen molar-refractivity contribution < 1.29 is 19.0 Å². The summed E-state index contributed by atoms with van der Waals surface area (Å²) < 4.78 is 16.8. The van der Waals surface area contributed by atoms with Crippen LogP contribution in [0.1, 0.15) is 18.4 Å². The SMILES string of the molecule is COc1cc(C)ccc1OCCC(=O)NCCCOc1cccc2cccnc12. The average Bonchev–Trinajstić information content (AvgIpc) is 2.74. The van der Waals surface area contributed by atoms with E-state index in [2.05, 4.69) is 10.3 Å². The van der Waals surface area contributed by atoms with Crippen LogP contribution in [0.25, 0.3) is 10.9 Å². The van der Waals surface area contributed by atoms with Gasteiger partial charge in [0.05, 0.1) is 26.7 Å². The van der Waals surface area contributed by atoms with Crippen molar-refractivity contribution in [2.24, 2.45) is 0 Å². The van der Waals surface area contributed by atoms with E-state index in [1.807, 2.05) is 55.5 Å². The van der Waals surface area contributed by atoms with Crippen molar-refractivity contribution in [2.45, 2.75) is 19.8 Å². The molecule has 0 aliphatic heterocycles. The molecule has 0 saturated carbocycles. The summed E-state index contributed by atoms with van der Waals surface area (Å²) in [6, 6.07) is 15.5. The zero-order valence-electron chi connectivity index (χ0n) is 16.8. The lowest BCUT2D eigenvalue weighted by atomic mass is 10.2. The number of aryl methyl sites for hydroxylation is 1. The van der Waals surface area contributed by atoms with Gasteiger partial charge in [0.1, 0.15) is 11.3 Å². The van der Waals surface area contributed by atoms with Crippen molar-refractivity contribution in [3.8, 4) is 17.2 Å². The molecule has 0 aliphatic carbocycles. The van der Waals surface area contributed by atoms with Gasteiger partial charge in [0.25, 0.3) is 0 Å². The Hall–Kier alpha value is -3.28. The standard InChI is InChI=1S/C23H26N2O4/c1-17-9-10-19(21(16-17)27-2)29-15-11-22(26)24-13-5-14-28-20-8-3-6-18-7-4-12-25-23(18)20/h3-4,6-10,12,16H,5,11,13-15H2,1-2H3,(H,24,26). The number of carbonyl (C=O) groups excluding carboxylic acids is 1. The van der Waals surface area contributed by atoms with Gasteiger partial charge < -0.3 is 19.5 Å². The predicted octanol–water partition coefficient (Wildman–Crippen LogP) is 3.91. The third-order valence-electron chi connectivity index (χ3n) is 4.40. The molecule has 1 amide bonds. The van der Waals surface area contributed by atoms with Gasteiger partial charge in [-0.2, -0.15) is 0 Å². The van der Waals surface area contributed by atoms with Gasteiger partial charge in [0.2, 0.25) is 5.91 Å². The number of rotatable bonds is 10. The average molecular weight is 394 g/mol. The van der Waals surface area contributed by atoms with Gasteiger partial charge in [-0.05, 0) is 43.2 Å². The lowest BCUT2D eigenvalue weighted by Gasteiger charge is -2.11. The fourth-order valence-electron chi connectivity index (χ4n) is 2.91. The first-order valence-electron chi connectivity index (χ1n) is 9.68. The summed E-state index contributed by atoms with van der Waals surface area (Å²) >= 11 is 0. The highest BCUT2D eigenvalue weighted by Gasteiger charge is 2.07. The van der Waals surface area contributed by atoms with Crippen LogP contribution in [0.3, 0.4) is 0 Å². The monoisotopic (exact) mass is 394 g/mol. The van der Waals surface area contributed by atoms with Gasteiger partial charge in [-0.15, -0.1) is 0 Å². The summed E-state index contributed by atoms with van der Waals surface area (Å²) in [5.41, 5.74) is 1.94. The number of carbonyl (C=O) groups is 1. The van der Waals surface area contributed by atoms with Gasteiger partial charge in [-0.25, -0.2) is 0 Å². The second-order valence-electron chi connectivity index (χ2n) is 6.64. The molecule has 1 aromatic heterocycles. The second kappa shape index (κ2) is 10.3. The number of nitrogens with zero attached hydrogens (tertiary/aromatic N) is 1. The number of nitrogens with one attached hydrogen (secondary N) is 1. The zero-order valence-corrected chi connectivity index (χ0v) is 16.8. The summed E-state index contributed by atoms with van der Waals surface area (Å²) in [5, 5.41) is 3.93. The van der Waals surface area contributed by atoms with E-state index in [1.165, 1.54) is 0 Å². The van der Waals surface area contributed by atoms with Crippen molar-refractivity contribution in [3.05, 3.63) is 60.3 Å². The van der Waals surface area contributed by atoms with Crippen LogP contribution in [-0.2, 0) is 4.79 Å². The fourth-order valence-corrected chi connectivity index (χ4v) is 2.91. The van der Waals surface area contributed by atoms with Crippen LogP contribution in [0, 0.1) is 6.92 Å².